The minimum absolute atomic E-state index is 0.120. The molecule has 1 aliphatic heterocycles. The predicted octanol–water partition coefficient (Wildman–Crippen LogP) is 6.58. The van der Waals surface area contributed by atoms with Gasteiger partial charge in [0, 0.05) is 17.5 Å². The fourth-order valence-corrected chi connectivity index (χ4v) is 4.61. The summed E-state index contributed by atoms with van der Waals surface area (Å²) in [6.45, 7) is 2.62. The van der Waals surface area contributed by atoms with E-state index in [1.165, 1.54) is 23.3 Å². The SMILES string of the molecule is O=C(Nc1ccc(C(F)(F)F)cc1)C1CCN(CCC(c2ccccc2)c2ccccc2)CC1. The molecule has 0 unspecified atom stereocenters. The van der Waals surface area contributed by atoms with Crippen molar-refractivity contribution in [3.8, 4) is 0 Å². The van der Waals surface area contributed by atoms with Crippen LogP contribution in [0.25, 0.3) is 0 Å². The standard InChI is InChI=1S/C28H29F3N2O/c29-28(30,31)24-11-13-25(14-12-24)32-27(34)23-15-18-33(19-16-23)20-17-26(21-7-3-1-4-8-21)22-9-5-2-6-10-22/h1-14,23,26H,15-20H2,(H,32,34). The molecule has 0 saturated carbocycles. The third-order valence-corrected chi connectivity index (χ3v) is 6.58. The molecular weight excluding hydrogens is 437 g/mol. The van der Waals surface area contributed by atoms with Crippen LogP contribution in [-0.4, -0.2) is 30.4 Å². The minimum Gasteiger partial charge on any atom is -0.326 e. The lowest BCUT2D eigenvalue weighted by Gasteiger charge is -2.32. The molecule has 0 aromatic heterocycles. The highest BCUT2D eigenvalue weighted by Gasteiger charge is 2.30. The number of amides is 1. The number of nitrogens with zero attached hydrogens (tertiary/aromatic N) is 1. The topological polar surface area (TPSA) is 32.3 Å². The summed E-state index contributed by atoms with van der Waals surface area (Å²) in [4.78, 5) is 15.0. The number of anilines is 1. The van der Waals surface area contributed by atoms with Gasteiger partial charge in [-0.25, -0.2) is 0 Å². The monoisotopic (exact) mass is 466 g/mol. The molecule has 34 heavy (non-hydrogen) atoms. The van der Waals surface area contributed by atoms with Crippen molar-refractivity contribution < 1.29 is 18.0 Å². The molecule has 1 saturated heterocycles. The first-order chi connectivity index (χ1) is 16.4. The van der Waals surface area contributed by atoms with Gasteiger partial charge >= 0.3 is 6.18 Å². The van der Waals surface area contributed by atoms with Crippen molar-refractivity contribution in [2.75, 3.05) is 25.0 Å². The summed E-state index contributed by atoms with van der Waals surface area (Å²) in [6, 6.07) is 25.7. The number of likely N-dealkylation sites (tertiary alicyclic amines) is 1. The van der Waals surface area contributed by atoms with Crippen molar-refractivity contribution in [2.24, 2.45) is 5.92 Å². The number of halogens is 3. The first kappa shape index (κ1) is 24.0. The lowest BCUT2D eigenvalue weighted by atomic mass is 9.88. The Morgan fingerprint density at radius 3 is 1.88 bits per heavy atom. The van der Waals surface area contributed by atoms with E-state index in [-0.39, 0.29) is 11.8 Å². The van der Waals surface area contributed by atoms with E-state index in [2.05, 4.69) is 58.7 Å². The molecule has 0 bridgehead atoms. The van der Waals surface area contributed by atoms with Crippen LogP contribution in [0.4, 0.5) is 18.9 Å². The van der Waals surface area contributed by atoms with Crippen LogP contribution in [0.15, 0.2) is 84.9 Å². The van der Waals surface area contributed by atoms with Crippen LogP contribution in [0.3, 0.4) is 0 Å². The van der Waals surface area contributed by atoms with Gasteiger partial charge in [0.1, 0.15) is 0 Å². The number of piperidine rings is 1. The molecule has 1 heterocycles. The van der Waals surface area contributed by atoms with Gasteiger partial charge in [0.25, 0.3) is 0 Å². The second-order valence-corrected chi connectivity index (χ2v) is 8.84. The summed E-state index contributed by atoms with van der Waals surface area (Å²) in [7, 11) is 0. The van der Waals surface area contributed by atoms with E-state index < -0.39 is 11.7 Å². The number of carbonyl (C=O) groups is 1. The van der Waals surface area contributed by atoms with E-state index in [1.54, 1.807) is 0 Å². The second kappa shape index (κ2) is 10.9. The first-order valence-corrected chi connectivity index (χ1v) is 11.7. The summed E-state index contributed by atoms with van der Waals surface area (Å²) >= 11 is 0. The molecule has 3 aromatic carbocycles. The number of benzene rings is 3. The third-order valence-electron chi connectivity index (χ3n) is 6.58. The van der Waals surface area contributed by atoms with Gasteiger partial charge < -0.3 is 10.2 Å². The zero-order valence-corrected chi connectivity index (χ0v) is 19.0. The number of nitrogens with one attached hydrogen (secondary N) is 1. The van der Waals surface area contributed by atoms with Crippen LogP contribution in [0.1, 0.15) is 41.9 Å². The Morgan fingerprint density at radius 2 is 1.38 bits per heavy atom. The number of alkyl halides is 3. The van der Waals surface area contributed by atoms with Crippen LogP contribution in [-0.2, 0) is 11.0 Å². The molecule has 0 radical (unpaired) electrons. The highest BCUT2D eigenvalue weighted by molar-refractivity contribution is 5.92. The third kappa shape index (κ3) is 6.26. The van der Waals surface area contributed by atoms with Gasteiger partial charge in [0.2, 0.25) is 5.91 Å². The molecule has 178 valence electrons. The smallest absolute Gasteiger partial charge is 0.326 e. The summed E-state index contributed by atoms with van der Waals surface area (Å²) in [5.74, 6) is 0.0755. The zero-order chi connectivity index (χ0) is 24.0. The molecule has 1 fully saturated rings. The molecule has 0 aliphatic carbocycles. The van der Waals surface area contributed by atoms with E-state index in [1.807, 2.05) is 12.1 Å². The highest BCUT2D eigenvalue weighted by Crippen LogP contribution is 2.31. The van der Waals surface area contributed by atoms with Gasteiger partial charge in [-0.15, -0.1) is 0 Å². The summed E-state index contributed by atoms with van der Waals surface area (Å²) in [5.41, 5.74) is 2.29. The van der Waals surface area contributed by atoms with Crippen molar-refractivity contribution in [3.05, 3.63) is 102 Å². The summed E-state index contributed by atoms with van der Waals surface area (Å²) in [5, 5.41) is 2.77. The van der Waals surface area contributed by atoms with Crippen molar-refractivity contribution in [1.82, 2.24) is 4.90 Å². The van der Waals surface area contributed by atoms with Crippen molar-refractivity contribution in [3.63, 3.8) is 0 Å². The average molecular weight is 467 g/mol. The van der Waals surface area contributed by atoms with Crippen LogP contribution < -0.4 is 5.32 Å². The molecule has 3 nitrogen and oxygen atoms in total. The van der Waals surface area contributed by atoms with E-state index in [9.17, 15) is 18.0 Å². The molecule has 1 amide bonds. The molecule has 1 aliphatic rings. The van der Waals surface area contributed by atoms with Gasteiger partial charge in [0.15, 0.2) is 0 Å². The normalized spacial score (nSPS) is 15.4. The maximum Gasteiger partial charge on any atom is 0.416 e. The molecule has 1 N–H and O–H groups in total. The molecule has 0 atom stereocenters. The van der Waals surface area contributed by atoms with Crippen LogP contribution >= 0.6 is 0 Å². The minimum atomic E-state index is -4.38. The number of hydrogen-bond acceptors (Lipinski definition) is 2. The molecule has 0 spiro atoms. The van der Waals surface area contributed by atoms with Crippen molar-refractivity contribution >= 4 is 11.6 Å². The van der Waals surface area contributed by atoms with Gasteiger partial charge in [-0.05, 0) is 74.3 Å². The van der Waals surface area contributed by atoms with E-state index in [0.717, 1.165) is 51.0 Å². The molecular formula is C28H29F3N2O. The zero-order valence-electron chi connectivity index (χ0n) is 19.0. The van der Waals surface area contributed by atoms with E-state index >= 15 is 0 Å². The largest absolute Gasteiger partial charge is 0.416 e. The Hall–Kier alpha value is -3.12. The second-order valence-electron chi connectivity index (χ2n) is 8.84. The van der Waals surface area contributed by atoms with Crippen LogP contribution in [0.5, 0.6) is 0 Å². The summed E-state index contributed by atoms with van der Waals surface area (Å²) < 4.78 is 38.2. The molecule has 3 aromatic rings. The van der Waals surface area contributed by atoms with Gasteiger partial charge in [0.05, 0.1) is 5.56 Å². The van der Waals surface area contributed by atoms with E-state index in [4.69, 9.17) is 0 Å². The predicted molar refractivity (Wildman–Crippen MR) is 129 cm³/mol. The van der Waals surface area contributed by atoms with E-state index in [0.29, 0.717) is 11.6 Å². The quantitative estimate of drug-likeness (QED) is 0.427. The van der Waals surface area contributed by atoms with Gasteiger partial charge in [-0.2, -0.15) is 13.2 Å². The molecule has 6 heteroatoms. The maximum atomic E-state index is 12.7. The Bertz CT molecular complexity index is 1010. The van der Waals surface area contributed by atoms with Crippen LogP contribution in [0, 0.1) is 5.92 Å². The number of carbonyl (C=O) groups excluding carboxylic acids is 1. The first-order valence-electron chi connectivity index (χ1n) is 11.7. The lowest BCUT2D eigenvalue weighted by Crippen LogP contribution is -2.39. The fraction of sp³-hybridized carbons (Fsp3) is 0.321. The Balaban J connectivity index is 1.29. The number of rotatable bonds is 7. The van der Waals surface area contributed by atoms with Gasteiger partial charge in [-0.3, -0.25) is 4.79 Å². The fourth-order valence-electron chi connectivity index (χ4n) is 4.61. The summed E-state index contributed by atoms with van der Waals surface area (Å²) in [6.07, 6.45) is -1.90. The van der Waals surface area contributed by atoms with Crippen molar-refractivity contribution in [2.45, 2.75) is 31.4 Å². The molecule has 4 rings (SSSR count). The Labute approximate surface area is 198 Å². The lowest BCUT2D eigenvalue weighted by molar-refractivity contribution is -0.137. The average Bonchev–Trinajstić information content (AvgIpc) is 2.86. The van der Waals surface area contributed by atoms with Crippen LogP contribution in [0.2, 0.25) is 0 Å². The Kier molecular flexibility index (Phi) is 7.68. The maximum absolute atomic E-state index is 12.7. The van der Waals surface area contributed by atoms with Crippen molar-refractivity contribution in [1.29, 1.82) is 0 Å². The Morgan fingerprint density at radius 1 is 0.853 bits per heavy atom. The highest BCUT2D eigenvalue weighted by atomic mass is 19.4. The number of hydrogen-bond donors (Lipinski definition) is 1. The van der Waals surface area contributed by atoms with Gasteiger partial charge in [-0.1, -0.05) is 60.7 Å².